The summed E-state index contributed by atoms with van der Waals surface area (Å²) < 4.78 is 5.78. The second-order valence-electron chi connectivity index (χ2n) is 5.05. The standard InChI is InChI=1S/C17H16BrNO4S/c1-11-2-8-15(24-11)14(20)7-9-17(22)23-10-16(21)19-13-5-3-12(18)4-6-13/h2-6,8H,7,9-10H2,1H3,(H,19,21). The Morgan fingerprint density at radius 1 is 1.08 bits per heavy atom. The van der Waals surface area contributed by atoms with Crippen molar-refractivity contribution >= 4 is 50.6 Å². The number of carbonyl (C=O) groups is 3. The van der Waals surface area contributed by atoms with Gasteiger partial charge in [0.05, 0.1) is 11.3 Å². The molecule has 1 heterocycles. The number of rotatable bonds is 7. The van der Waals surface area contributed by atoms with Crippen LogP contribution in [0.5, 0.6) is 0 Å². The zero-order valence-corrected chi connectivity index (χ0v) is 15.4. The van der Waals surface area contributed by atoms with E-state index in [0.29, 0.717) is 10.6 Å². The molecule has 0 spiro atoms. The highest BCUT2D eigenvalue weighted by Gasteiger charge is 2.13. The smallest absolute Gasteiger partial charge is 0.306 e. The minimum atomic E-state index is -0.567. The molecule has 1 aromatic heterocycles. The van der Waals surface area contributed by atoms with Gasteiger partial charge in [0.25, 0.3) is 5.91 Å². The molecule has 0 unspecified atom stereocenters. The number of benzene rings is 1. The maximum absolute atomic E-state index is 11.9. The van der Waals surface area contributed by atoms with E-state index < -0.39 is 11.9 Å². The molecule has 0 fully saturated rings. The van der Waals surface area contributed by atoms with Crippen LogP contribution in [-0.4, -0.2) is 24.3 Å². The van der Waals surface area contributed by atoms with E-state index in [1.54, 1.807) is 30.3 Å². The Morgan fingerprint density at radius 3 is 2.42 bits per heavy atom. The van der Waals surface area contributed by atoms with Crippen LogP contribution >= 0.6 is 27.3 Å². The Morgan fingerprint density at radius 2 is 1.79 bits per heavy atom. The largest absolute Gasteiger partial charge is 0.456 e. The SMILES string of the molecule is Cc1ccc(C(=O)CCC(=O)OCC(=O)Nc2ccc(Br)cc2)s1. The number of hydrogen-bond acceptors (Lipinski definition) is 5. The number of aryl methyl sites for hydroxylation is 1. The Balaban J connectivity index is 1.69. The summed E-state index contributed by atoms with van der Waals surface area (Å²) in [6, 6.07) is 10.7. The normalized spacial score (nSPS) is 10.2. The van der Waals surface area contributed by atoms with Crippen molar-refractivity contribution in [1.82, 2.24) is 0 Å². The van der Waals surface area contributed by atoms with Crippen LogP contribution in [-0.2, 0) is 14.3 Å². The molecule has 0 aliphatic carbocycles. The minimum absolute atomic E-state index is 0.0403. The molecule has 2 rings (SSSR count). The van der Waals surface area contributed by atoms with Crippen molar-refractivity contribution in [3.8, 4) is 0 Å². The van der Waals surface area contributed by atoms with Gasteiger partial charge in [0.2, 0.25) is 0 Å². The van der Waals surface area contributed by atoms with Gasteiger partial charge < -0.3 is 10.1 Å². The summed E-state index contributed by atoms with van der Waals surface area (Å²) >= 11 is 4.70. The summed E-state index contributed by atoms with van der Waals surface area (Å²) in [5.41, 5.74) is 0.613. The van der Waals surface area contributed by atoms with E-state index in [9.17, 15) is 14.4 Å². The molecule has 0 saturated heterocycles. The van der Waals surface area contributed by atoms with E-state index in [1.165, 1.54) is 11.3 Å². The van der Waals surface area contributed by atoms with Gasteiger partial charge in [-0.15, -0.1) is 11.3 Å². The van der Waals surface area contributed by atoms with E-state index in [-0.39, 0.29) is 25.2 Å². The number of ether oxygens (including phenoxy) is 1. The predicted octanol–water partition coefficient (Wildman–Crippen LogP) is 3.96. The number of amides is 1. The van der Waals surface area contributed by atoms with Crippen LogP contribution in [0.4, 0.5) is 5.69 Å². The van der Waals surface area contributed by atoms with Crippen LogP contribution in [0, 0.1) is 6.92 Å². The maximum atomic E-state index is 11.9. The lowest BCUT2D eigenvalue weighted by Crippen LogP contribution is -2.21. The number of ketones is 1. The van der Waals surface area contributed by atoms with Crippen molar-refractivity contribution in [1.29, 1.82) is 0 Å². The first-order valence-corrected chi connectivity index (χ1v) is 8.85. The molecule has 0 aliphatic rings. The van der Waals surface area contributed by atoms with Crippen LogP contribution in [0.25, 0.3) is 0 Å². The third-order valence-corrected chi connectivity index (χ3v) is 4.63. The molecule has 0 radical (unpaired) electrons. The van der Waals surface area contributed by atoms with Gasteiger partial charge in [-0.3, -0.25) is 14.4 Å². The highest BCUT2D eigenvalue weighted by Crippen LogP contribution is 2.17. The molecule has 1 aromatic carbocycles. The molecule has 1 amide bonds. The first-order valence-electron chi connectivity index (χ1n) is 7.25. The fourth-order valence-electron chi connectivity index (χ4n) is 1.87. The van der Waals surface area contributed by atoms with Gasteiger partial charge in [-0.1, -0.05) is 15.9 Å². The van der Waals surface area contributed by atoms with Gasteiger partial charge >= 0.3 is 5.97 Å². The Hall–Kier alpha value is -1.99. The molecule has 5 nitrogen and oxygen atoms in total. The zero-order valence-electron chi connectivity index (χ0n) is 13.0. The van der Waals surface area contributed by atoms with Crippen LogP contribution in [0.15, 0.2) is 40.9 Å². The van der Waals surface area contributed by atoms with Crippen molar-refractivity contribution < 1.29 is 19.1 Å². The summed E-state index contributed by atoms with van der Waals surface area (Å²) in [6.07, 6.45) is 0.0362. The van der Waals surface area contributed by atoms with Crippen molar-refractivity contribution in [2.75, 3.05) is 11.9 Å². The lowest BCUT2D eigenvalue weighted by Gasteiger charge is -2.06. The fraction of sp³-hybridized carbons (Fsp3) is 0.235. The summed E-state index contributed by atoms with van der Waals surface area (Å²) in [5, 5.41) is 2.62. The summed E-state index contributed by atoms with van der Waals surface area (Å²) in [4.78, 5) is 36.9. The number of nitrogens with one attached hydrogen (secondary N) is 1. The second-order valence-corrected chi connectivity index (χ2v) is 7.25. The highest BCUT2D eigenvalue weighted by atomic mass is 79.9. The van der Waals surface area contributed by atoms with Crippen molar-refractivity contribution in [3.05, 3.63) is 50.6 Å². The lowest BCUT2D eigenvalue weighted by molar-refractivity contribution is -0.147. The monoisotopic (exact) mass is 409 g/mol. The molecular formula is C17H16BrNO4S. The van der Waals surface area contributed by atoms with Crippen LogP contribution < -0.4 is 5.32 Å². The molecule has 0 aliphatic heterocycles. The third kappa shape index (κ3) is 5.90. The van der Waals surface area contributed by atoms with Gasteiger partial charge in [-0.25, -0.2) is 0 Å². The second kappa shape index (κ2) is 8.75. The Kier molecular flexibility index (Phi) is 6.69. The zero-order chi connectivity index (χ0) is 17.5. The van der Waals surface area contributed by atoms with Gasteiger partial charge in [0.15, 0.2) is 12.4 Å². The third-order valence-electron chi connectivity index (χ3n) is 3.06. The summed E-state index contributed by atoms with van der Waals surface area (Å²) in [6.45, 7) is 1.54. The van der Waals surface area contributed by atoms with E-state index >= 15 is 0 Å². The molecule has 0 saturated carbocycles. The van der Waals surface area contributed by atoms with E-state index in [1.807, 2.05) is 13.0 Å². The van der Waals surface area contributed by atoms with Crippen molar-refractivity contribution in [3.63, 3.8) is 0 Å². The average Bonchev–Trinajstić information content (AvgIpc) is 2.99. The topological polar surface area (TPSA) is 72.5 Å². The van der Waals surface area contributed by atoms with Crippen LogP contribution in [0.1, 0.15) is 27.4 Å². The Labute approximate surface area is 152 Å². The van der Waals surface area contributed by atoms with Crippen LogP contribution in [0.3, 0.4) is 0 Å². The van der Waals surface area contributed by atoms with Gasteiger partial charge in [-0.2, -0.15) is 0 Å². The number of thiophene rings is 1. The van der Waals surface area contributed by atoms with Crippen LogP contribution in [0.2, 0.25) is 0 Å². The number of carbonyl (C=O) groups excluding carboxylic acids is 3. The van der Waals surface area contributed by atoms with Gasteiger partial charge in [0, 0.05) is 21.5 Å². The highest BCUT2D eigenvalue weighted by molar-refractivity contribution is 9.10. The Bertz CT molecular complexity index is 739. The fourth-order valence-corrected chi connectivity index (χ4v) is 2.97. The van der Waals surface area contributed by atoms with E-state index in [2.05, 4.69) is 21.2 Å². The number of anilines is 1. The van der Waals surface area contributed by atoms with E-state index in [4.69, 9.17) is 4.74 Å². The molecule has 7 heteroatoms. The molecule has 2 aromatic rings. The molecule has 0 atom stereocenters. The first-order chi connectivity index (χ1) is 11.4. The average molecular weight is 410 g/mol. The minimum Gasteiger partial charge on any atom is -0.456 e. The van der Waals surface area contributed by atoms with Gasteiger partial charge in [-0.05, 0) is 43.3 Å². The van der Waals surface area contributed by atoms with E-state index in [0.717, 1.165) is 9.35 Å². The summed E-state index contributed by atoms with van der Waals surface area (Å²) in [5.74, 6) is -1.09. The predicted molar refractivity (Wildman–Crippen MR) is 96.4 cm³/mol. The molecule has 126 valence electrons. The van der Waals surface area contributed by atoms with Gasteiger partial charge in [0.1, 0.15) is 0 Å². The molecule has 0 bridgehead atoms. The van der Waals surface area contributed by atoms with Crippen molar-refractivity contribution in [2.45, 2.75) is 19.8 Å². The lowest BCUT2D eigenvalue weighted by atomic mass is 10.2. The summed E-state index contributed by atoms with van der Waals surface area (Å²) in [7, 11) is 0. The molecule has 1 N–H and O–H groups in total. The maximum Gasteiger partial charge on any atom is 0.306 e. The number of halogens is 1. The molecule has 24 heavy (non-hydrogen) atoms. The number of esters is 1. The quantitative estimate of drug-likeness (QED) is 0.554. The number of Topliss-reactive ketones (excluding diaryl/α,β-unsaturated/α-hetero) is 1. The number of hydrogen-bond donors (Lipinski definition) is 1. The first kappa shape index (κ1) is 18.4. The van der Waals surface area contributed by atoms with Crippen molar-refractivity contribution in [2.24, 2.45) is 0 Å². The molecular weight excluding hydrogens is 394 g/mol.